The first-order valence-corrected chi connectivity index (χ1v) is 7.21. The number of nitrogens with one attached hydrogen (secondary N) is 1. The van der Waals surface area contributed by atoms with Crippen LogP contribution in [0.3, 0.4) is 0 Å². The molecule has 0 fully saturated rings. The first-order valence-electron chi connectivity index (χ1n) is 7.21. The second-order valence-corrected chi connectivity index (χ2v) is 5.59. The Morgan fingerprint density at radius 3 is 2.43 bits per heavy atom. The Morgan fingerprint density at radius 2 is 1.96 bits per heavy atom. The summed E-state index contributed by atoms with van der Waals surface area (Å²) in [6, 6.07) is 4.58. The van der Waals surface area contributed by atoms with Gasteiger partial charge < -0.3 is 4.57 Å². The van der Waals surface area contributed by atoms with Gasteiger partial charge in [0.25, 0.3) is 0 Å². The van der Waals surface area contributed by atoms with Crippen molar-refractivity contribution in [3.05, 3.63) is 46.9 Å². The van der Waals surface area contributed by atoms with Gasteiger partial charge in [-0.2, -0.15) is 18.3 Å². The molecule has 1 N–H and O–H groups in total. The van der Waals surface area contributed by atoms with Crippen LogP contribution in [0.25, 0.3) is 0 Å². The molecular formula is C16H19F3N4. The molecule has 2 aromatic heterocycles. The smallest absolute Gasteiger partial charge is 0.346 e. The molecule has 0 radical (unpaired) electrons. The van der Waals surface area contributed by atoms with Crippen LogP contribution in [0.5, 0.6) is 0 Å². The molecule has 7 heteroatoms. The van der Waals surface area contributed by atoms with Crippen molar-refractivity contribution in [2.24, 2.45) is 5.10 Å². The second kappa shape index (κ2) is 6.44. The van der Waals surface area contributed by atoms with E-state index in [1.165, 1.54) is 6.07 Å². The van der Waals surface area contributed by atoms with Crippen molar-refractivity contribution in [2.45, 2.75) is 39.9 Å². The first-order chi connectivity index (χ1) is 10.7. The van der Waals surface area contributed by atoms with Gasteiger partial charge in [0.2, 0.25) is 0 Å². The van der Waals surface area contributed by atoms with Crippen molar-refractivity contribution in [3.63, 3.8) is 0 Å². The van der Waals surface area contributed by atoms with Gasteiger partial charge in [-0.25, -0.2) is 4.98 Å². The summed E-state index contributed by atoms with van der Waals surface area (Å²) in [6.07, 6.45) is -1.97. The lowest BCUT2D eigenvalue weighted by atomic mass is 10.2. The van der Waals surface area contributed by atoms with Crippen LogP contribution >= 0.6 is 0 Å². The molecule has 0 aliphatic carbocycles. The Kier molecular flexibility index (Phi) is 4.77. The van der Waals surface area contributed by atoms with Gasteiger partial charge in [-0.3, -0.25) is 5.43 Å². The van der Waals surface area contributed by atoms with Crippen molar-refractivity contribution < 1.29 is 13.2 Å². The maximum absolute atomic E-state index is 12.5. The molecule has 0 saturated carbocycles. The molecule has 23 heavy (non-hydrogen) atoms. The summed E-state index contributed by atoms with van der Waals surface area (Å²) in [6.45, 7) is 8.23. The molecule has 4 nitrogen and oxygen atoms in total. The van der Waals surface area contributed by atoms with E-state index < -0.39 is 11.7 Å². The SMILES string of the molecule is Cc1cc(/C=N\Nc2ccc(C(F)(F)F)cn2)c(C)n1C(C)C. The van der Waals surface area contributed by atoms with Gasteiger partial charge in [-0.15, -0.1) is 0 Å². The van der Waals surface area contributed by atoms with Crippen LogP contribution in [0.4, 0.5) is 19.0 Å². The quantitative estimate of drug-likeness (QED) is 0.662. The van der Waals surface area contributed by atoms with Gasteiger partial charge in [-0.1, -0.05) is 0 Å². The van der Waals surface area contributed by atoms with Crippen LogP contribution in [0.2, 0.25) is 0 Å². The molecule has 2 aromatic rings. The maximum atomic E-state index is 12.5. The van der Waals surface area contributed by atoms with E-state index in [0.29, 0.717) is 6.04 Å². The Labute approximate surface area is 133 Å². The summed E-state index contributed by atoms with van der Waals surface area (Å²) in [4.78, 5) is 3.70. The molecule has 2 heterocycles. The molecule has 0 bridgehead atoms. The molecular weight excluding hydrogens is 305 g/mol. The lowest BCUT2D eigenvalue weighted by Gasteiger charge is -2.13. The zero-order chi connectivity index (χ0) is 17.2. The highest BCUT2D eigenvalue weighted by atomic mass is 19.4. The Bertz CT molecular complexity index is 697. The van der Waals surface area contributed by atoms with Crippen LogP contribution in [0.15, 0.2) is 29.5 Å². The summed E-state index contributed by atoms with van der Waals surface area (Å²) in [5.74, 6) is 0.256. The molecule has 0 aromatic carbocycles. The first kappa shape index (κ1) is 17.1. The number of hydrazone groups is 1. The number of aromatic nitrogens is 2. The van der Waals surface area contributed by atoms with Crippen LogP contribution in [-0.2, 0) is 6.18 Å². The molecule has 124 valence electrons. The average Bonchev–Trinajstić information content (AvgIpc) is 2.73. The summed E-state index contributed by atoms with van der Waals surface area (Å²) >= 11 is 0. The predicted octanol–water partition coefficient (Wildman–Crippen LogP) is 4.55. The summed E-state index contributed by atoms with van der Waals surface area (Å²) < 4.78 is 39.5. The van der Waals surface area contributed by atoms with Crippen LogP contribution in [0.1, 0.15) is 42.4 Å². The van der Waals surface area contributed by atoms with E-state index in [0.717, 1.165) is 29.2 Å². The number of pyridine rings is 1. The minimum atomic E-state index is -4.39. The molecule has 0 saturated heterocycles. The zero-order valence-electron chi connectivity index (χ0n) is 13.4. The largest absolute Gasteiger partial charge is 0.417 e. The lowest BCUT2D eigenvalue weighted by Crippen LogP contribution is -2.06. The monoisotopic (exact) mass is 324 g/mol. The van der Waals surface area contributed by atoms with Gasteiger partial charge in [0, 0.05) is 29.2 Å². The minimum Gasteiger partial charge on any atom is -0.346 e. The third-order valence-corrected chi connectivity index (χ3v) is 3.51. The third kappa shape index (κ3) is 3.91. The number of aryl methyl sites for hydroxylation is 1. The number of rotatable bonds is 4. The van der Waals surface area contributed by atoms with E-state index in [1.54, 1.807) is 6.21 Å². The van der Waals surface area contributed by atoms with E-state index in [-0.39, 0.29) is 5.82 Å². The molecule has 0 aliphatic rings. The maximum Gasteiger partial charge on any atom is 0.417 e. The molecule has 2 rings (SSSR count). The number of nitrogens with zero attached hydrogens (tertiary/aromatic N) is 3. The topological polar surface area (TPSA) is 42.2 Å². The third-order valence-electron chi connectivity index (χ3n) is 3.51. The van der Waals surface area contributed by atoms with Gasteiger partial charge in [0.05, 0.1) is 11.8 Å². The second-order valence-electron chi connectivity index (χ2n) is 5.59. The van der Waals surface area contributed by atoms with E-state index >= 15 is 0 Å². The normalized spacial score (nSPS) is 12.3. The van der Waals surface area contributed by atoms with Crippen LogP contribution in [-0.4, -0.2) is 15.8 Å². The number of alkyl halides is 3. The molecule has 0 atom stereocenters. The fourth-order valence-corrected chi connectivity index (χ4v) is 2.52. The van der Waals surface area contributed by atoms with Crippen molar-refractivity contribution in [2.75, 3.05) is 5.43 Å². The zero-order valence-corrected chi connectivity index (χ0v) is 13.4. The molecule has 0 spiro atoms. The summed E-state index contributed by atoms with van der Waals surface area (Å²) in [7, 11) is 0. The van der Waals surface area contributed by atoms with Gasteiger partial charge in [-0.05, 0) is 45.9 Å². The number of hydrogen-bond donors (Lipinski definition) is 1. The van der Waals surface area contributed by atoms with Gasteiger partial charge in [0.1, 0.15) is 5.82 Å². The Balaban J connectivity index is 2.09. The fraction of sp³-hybridized carbons (Fsp3) is 0.375. The van der Waals surface area contributed by atoms with E-state index in [2.05, 4.69) is 33.9 Å². The summed E-state index contributed by atoms with van der Waals surface area (Å²) in [5, 5.41) is 4.05. The lowest BCUT2D eigenvalue weighted by molar-refractivity contribution is -0.137. The van der Waals surface area contributed by atoms with Crippen molar-refractivity contribution in [3.8, 4) is 0 Å². The molecule has 0 unspecified atom stereocenters. The summed E-state index contributed by atoms with van der Waals surface area (Å²) in [5.41, 5.74) is 5.03. The fourth-order valence-electron chi connectivity index (χ4n) is 2.52. The molecule has 0 aliphatic heterocycles. The highest BCUT2D eigenvalue weighted by molar-refractivity contribution is 5.82. The van der Waals surface area contributed by atoms with Crippen molar-refractivity contribution in [1.29, 1.82) is 0 Å². The van der Waals surface area contributed by atoms with Gasteiger partial charge in [0.15, 0.2) is 0 Å². The Hall–Kier alpha value is -2.31. The van der Waals surface area contributed by atoms with E-state index in [4.69, 9.17) is 0 Å². The van der Waals surface area contributed by atoms with Crippen LogP contribution in [0, 0.1) is 13.8 Å². The number of anilines is 1. The van der Waals surface area contributed by atoms with Gasteiger partial charge >= 0.3 is 6.18 Å². The average molecular weight is 324 g/mol. The van der Waals surface area contributed by atoms with Crippen molar-refractivity contribution >= 4 is 12.0 Å². The van der Waals surface area contributed by atoms with E-state index in [9.17, 15) is 13.2 Å². The highest BCUT2D eigenvalue weighted by Gasteiger charge is 2.30. The predicted molar refractivity (Wildman–Crippen MR) is 84.7 cm³/mol. The van der Waals surface area contributed by atoms with Crippen molar-refractivity contribution in [1.82, 2.24) is 9.55 Å². The van der Waals surface area contributed by atoms with E-state index in [1.807, 2.05) is 19.9 Å². The van der Waals surface area contributed by atoms with Crippen LogP contribution < -0.4 is 5.43 Å². The minimum absolute atomic E-state index is 0.256. The Morgan fingerprint density at radius 1 is 1.26 bits per heavy atom. The number of hydrogen-bond acceptors (Lipinski definition) is 3. The number of halogens is 3. The standard InChI is InChI=1S/C16H19F3N4/c1-10(2)23-11(3)7-13(12(23)4)8-21-22-15-6-5-14(9-20-15)16(17,18)19/h5-10H,1-4H3,(H,20,22)/b21-8-. The highest BCUT2D eigenvalue weighted by Crippen LogP contribution is 2.28. The molecule has 0 amide bonds.